The number of aromatic carboxylic acids is 1. The molecule has 1 aromatic carbocycles. The molecule has 3 N–H and O–H groups in total. The quantitative estimate of drug-likeness (QED) is 0.750. The number of benzene rings is 1. The monoisotopic (exact) mass is 341 g/mol. The molecule has 2 rings (SSSR count). The van der Waals surface area contributed by atoms with Crippen LogP contribution in [-0.4, -0.2) is 30.4 Å². The highest BCUT2D eigenvalue weighted by Gasteiger charge is 2.15. The molecule has 0 aliphatic heterocycles. The van der Waals surface area contributed by atoms with Gasteiger partial charge in [-0.05, 0) is 24.3 Å². The third-order valence-electron chi connectivity index (χ3n) is 2.42. The van der Waals surface area contributed by atoms with Gasteiger partial charge in [0.2, 0.25) is 5.91 Å². The van der Waals surface area contributed by atoms with Gasteiger partial charge in [-0.15, -0.1) is 11.3 Å². The minimum atomic E-state index is -3.87. The summed E-state index contributed by atoms with van der Waals surface area (Å²) in [6, 6.07) is 5.60. The van der Waals surface area contributed by atoms with E-state index in [-0.39, 0.29) is 10.6 Å². The lowest BCUT2D eigenvalue weighted by atomic mass is 10.3. The van der Waals surface area contributed by atoms with E-state index in [1.165, 1.54) is 29.6 Å². The first-order valence-electron chi connectivity index (χ1n) is 5.87. The number of amides is 1. The first-order chi connectivity index (χ1) is 10.3. The second kappa shape index (κ2) is 6.12. The number of hydrogen-bond donors (Lipinski definition) is 3. The molecule has 0 saturated carbocycles. The Morgan fingerprint density at radius 1 is 1.23 bits per heavy atom. The lowest BCUT2D eigenvalue weighted by Gasteiger charge is -2.06. The largest absolute Gasteiger partial charge is 0.476 e. The summed E-state index contributed by atoms with van der Waals surface area (Å²) in [5.74, 6) is -1.80. The molecular formula is C12H11N3O5S2. The van der Waals surface area contributed by atoms with E-state index in [1.807, 2.05) is 4.72 Å². The first kappa shape index (κ1) is 15.9. The number of anilines is 2. The van der Waals surface area contributed by atoms with Crippen LogP contribution in [0.4, 0.5) is 10.8 Å². The van der Waals surface area contributed by atoms with Gasteiger partial charge in [0, 0.05) is 18.0 Å². The standard InChI is InChI=1S/C12H11N3O5S2/c1-7(16)15-22(19,20)9-4-2-8(3-5-9)13-12-14-10(6-21-12)11(17)18/h2-6H,1H3,(H,13,14)(H,15,16)(H,17,18). The van der Waals surface area contributed by atoms with Gasteiger partial charge in [-0.25, -0.2) is 22.9 Å². The first-order valence-corrected chi connectivity index (χ1v) is 8.23. The van der Waals surface area contributed by atoms with E-state index in [0.717, 1.165) is 18.3 Å². The molecule has 0 aliphatic rings. The number of nitrogens with one attached hydrogen (secondary N) is 2. The van der Waals surface area contributed by atoms with Crippen molar-refractivity contribution in [2.45, 2.75) is 11.8 Å². The number of nitrogens with zero attached hydrogens (tertiary/aromatic N) is 1. The van der Waals surface area contributed by atoms with Crippen molar-refractivity contribution >= 4 is 44.1 Å². The molecule has 1 aromatic heterocycles. The molecule has 0 spiro atoms. The summed E-state index contributed by atoms with van der Waals surface area (Å²) in [6.07, 6.45) is 0. The fourth-order valence-corrected chi connectivity index (χ4v) is 3.21. The molecule has 8 nitrogen and oxygen atoms in total. The second-order valence-electron chi connectivity index (χ2n) is 4.15. The van der Waals surface area contributed by atoms with Crippen molar-refractivity contribution < 1.29 is 23.1 Å². The minimum Gasteiger partial charge on any atom is -0.476 e. The van der Waals surface area contributed by atoms with E-state index in [2.05, 4.69) is 10.3 Å². The van der Waals surface area contributed by atoms with Crippen LogP contribution in [0.5, 0.6) is 0 Å². The van der Waals surface area contributed by atoms with Crippen LogP contribution in [0.2, 0.25) is 0 Å². The van der Waals surface area contributed by atoms with E-state index in [0.29, 0.717) is 10.8 Å². The van der Waals surface area contributed by atoms with Gasteiger partial charge in [0.25, 0.3) is 10.0 Å². The molecule has 2 aromatic rings. The lowest BCUT2D eigenvalue weighted by Crippen LogP contribution is -2.28. The maximum Gasteiger partial charge on any atom is 0.355 e. The minimum absolute atomic E-state index is 0.0568. The Bertz CT molecular complexity index is 812. The third-order valence-corrected chi connectivity index (χ3v) is 4.62. The van der Waals surface area contributed by atoms with Gasteiger partial charge in [0.1, 0.15) is 0 Å². The molecule has 0 saturated heterocycles. The maximum absolute atomic E-state index is 11.8. The Morgan fingerprint density at radius 3 is 2.36 bits per heavy atom. The van der Waals surface area contributed by atoms with Crippen LogP contribution in [0.25, 0.3) is 0 Å². The van der Waals surface area contributed by atoms with Crippen molar-refractivity contribution in [1.29, 1.82) is 0 Å². The Balaban J connectivity index is 2.15. The van der Waals surface area contributed by atoms with E-state index in [4.69, 9.17) is 5.11 Å². The smallest absolute Gasteiger partial charge is 0.355 e. The number of carboxylic acids is 1. The molecule has 116 valence electrons. The Morgan fingerprint density at radius 2 is 1.86 bits per heavy atom. The molecule has 1 amide bonds. The van der Waals surface area contributed by atoms with Crippen LogP contribution in [0.3, 0.4) is 0 Å². The molecular weight excluding hydrogens is 330 g/mol. The molecule has 0 atom stereocenters. The average molecular weight is 341 g/mol. The summed E-state index contributed by atoms with van der Waals surface area (Å²) in [4.78, 5) is 25.4. The Hall–Kier alpha value is -2.46. The van der Waals surface area contributed by atoms with Crippen molar-refractivity contribution in [3.63, 3.8) is 0 Å². The molecule has 0 fully saturated rings. The van der Waals surface area contributed by atoms with Crippen LogP contribution >= 0.6 is 11.3 Å². The van der Waals surface area contributed by atoms with Crippen molar-refractivity contribution in [1.82, 2.24) is 9.71 Å². The SMILES string of the molecule is CC(=O)NS(=O)(=O)c1ccc(Nc2nc(C(=O)O)cs2)cc1. The predicted molar refractivity (Wildman–Crippen MR) is 79.8 cm³/mol. The molecule has 0 unspecified atom stereocenters. The highest BCUT2D eigenvalue weighted by atomic mass is 32.2. The molecule has 1 heterocycles. The third kappa shape index (κ3) is 3.80. The predicted octanol–water partition coefficient (Wildman–Crippen LogP) is 1.41. The van der Waals surface area contributed by atoms with E-state index >= 15 is 0 Å². The molecule has 10 heteroatoms. The van der Waals surface area contributed by atoms with Crippen LogP contribution < -0.4 is 10.0 Å². The van der Waals surface area contributed by atoms with Gasteiger partial charge in [-0.3, -0.25) is 4.79 Å². The van der Waals surface area contributed by atoms with Crippen LogP contribution in [0.1, 0.15) is 17.4 Å². The summed E-state index contributed by atoms with van der Waals surface area (Å²) in [6.45, 7) is 1.11. The number of aromatic nitrogens is 1. The normalized spacial score (nSPS) is 11.0. The van der Waals surface area contributed by atoms with Crippen LogP contribution in [-0.2, 0) is 14.8 Å². The zero-order chi connectivity index (χ0) is 16.3. The lowest BCUT2D eigenvalue weighted by molar-refractivity contribution is -0.117. The van der Waals surface area contributed by atoms with E-state index in [1.54, 1.807) is 0 Å². The summed E-state index contributed by atoms with van der Waals surface area (Å²) in [7, 11) is -3.87. The molecule has 22 heavy (non-hydrogen) atoms. The number of rotatable bonds is 5. The summed E-state index contributed by atoms with van der Waals surface area (Å²) < 4.78 is 25.4. The van der Waals surface area contributed by atoms with Crippen molar-refractivity contribution in [2.24, 2.45) is 0 Å². The van der Waals surface area contributed by atoms with Crippen molar-refractivity contribution in [2.75, 3.05) is 5.32 Å². The fourth-order valence-electron chi connectivity index (χ4n) is 1.52. The number of thiazole rings is 1. The number of carboxylic acid groups (broad SMARTS) is 1. The molecule has 0 bridgehead atoms. The topological polar surface area (TPSA) is 125 Å². The van der Waals surface area contributed by atoms with Gasteiger partial charge in [0.15, 0.2) is 10.8 Å². The van der Waals surface area contributed by atoms with Crippen LogP contribution in [0, 0.1) is 0 Å². The Kier molecular flexibility index (Phi) is 4.43. The summed E-state index contributed by atoms with van der Waals surface area (Å²) in [5.41, 5.74) is 0.463. The number of carbonyl (C=O) groups excluding carboxylic acids is 1. The highest BCUT2D eigenvalue weighted by molar-refractivity contribution is 7.90. The zero-order valence-corrected chi connectivity index (χ0v) is 12.9. The van der Waals surface area contributed by atoms with Gasteiger partial charge < -0.3 is 10.4 Å². The van der Waals surface area contributed by atoms with Crippen molar-refractivity contribution in [3.8, 4) is 0 Å². The average Bonchev–Trinajstić information content (AvgIpc) is 2.86. The second-order valence-corrected chi connectivity index (χ2v) is 6.69. The number of carbonyl (C=O) groups is 2. The van der Waals surface area contributed by atoms with Crippen molar-refractivity contribution in [3.05, 3.63) is 35.3 Å². The van der Waals surface area contributed by atoms with Gasteiger partial charge >= 0.3 is 5.97 Å². The fraction of sp³-hybridized carbons (Fsp3) is 0.0833. The number of sulfonamides is 1. The maximum atomic E-state index is 11.8. The zero-order valence-electron chi connectivity index (χ0n) is 11.2. The van der Waals surface area contributed by atoms with Gasteiger partial charge in [-0.2, -0.15) is 0 Å². The van der Waals surface area contributed by atoms with Gasteiger partial charge in [-0.1, -0.05) is 0 Å². The van der Waals surface area contributed by atoms with E-state index < -0.39 is 21.9 Å². The highest BCUT2D eigenvalue weighted by Crippen LogP contribution is 2.22. The van der Waals surface area contributed by atoms with Gasteiger partial charge in [0.05, 0.1) is 4.90 Å². The summed E-state index contributed by atoms with van der Waals surface area (Å²) in [5, 5.41) is 13.4. The summed E-state index contributed by atoms with van der Waals surface area (Å²) >= 11 is 1.11. The van der Waals surface area contributed by atoms with E-state index in [9.17, 15) is 18.0 Å². The molecule has 0 radical (unpaired) electrons. The number of hydrogen-bond acceptors (Lipinski definition) is 7. The molecule has 0 aliphatic carbocycles. The Labute approximate surface area is 129 Å². The van der Waals surface area contributed by atoms with Crippen LogP contribution in [0.15, 0.2) is 34.5 Å².